The van der Waals surface area contributed by atoms with Crippen LogP contribution in [0.3, 0.4) is 0 Å². The molecule has 4 rings (SSSR count). The van der Waals surface area contributed by atoms with Crippen molar-refractivity contribution < 1.29 is 9.53 Å². The lowest BCUT2D eigenvalue weighted by atomic mass is 10.2. The zero-order valence-corrected chi connectivity index (χ0v) is 16.1. The van der Waals surface area contributed by atoms with Crippen molar-refractivity contribution in [2.45, 2.75) is 6.54 Å². The van der Waals surface area contributed by atoms with Crippen LogP contribution < -0.4 is 10.1 Å². The number of hydrogen-bond acceptors (Lipinski definition) is 5. The van der Waals surface area contributed by atoms with Crippen LogP contribution in [0.2, 0.25) is 0 Å². The molecule has 2 amide bonds. The first-order valence-electron chi connectivity index (χ1n) is 9.63. The van der Waals surface area contributed by atoms with Gasteiger partial charge in [0.2, 0.25) is 0 Å². The lowest BCUT2D eigenvalue weighted by Crippen LogP contribution is -2.49. The highest BCUT2D eigenvalue weighted by Gasteiger charge is 2.21. The molecule has 3 aromatic rings. The van der Waals surface area contributed by atoms with Gasteiger partial charge in [0.1, 0.15) is 5.75 Å². The lowest BCUT2D eigenvalue weighted by molar-refractivity contribution is 0.143. The highest BCUT2D eigenvalue weighted by Crippen LogP contribution is 2.20. The molecule has 1 fully saturated rings. The second kappa shape index (κ2) is 9.16. The second-order valence-corrected chi connectivity index (χ2v) is 6.84. The fraction of sp³-hybridized carbons (Fsp3) is 0.227. The Morgan fingerprint density at radius 3 is 2.28 bits per heavy atom. The zero-order valence-electron chi connectivity index (χ0n) is 16.1. The van der Waals surface area contributed by atoms with E-state index in [4.69, 9.17) is 4.74 Å². The molecule has 0 bridgehead atoms. The third-order valence-electron chi connectivity index (χ3n) is 4.77. The normalized spacial score (nSPS) is 14.4. The van der Waals surface area contributed by atoms with Crippen LogP contribution in [0.25, 0.3) is 0 Å². The average Bonchev–Trinajstić information content (AvgIpc) is 2.77. The number of benzene rings is 2. The highest BCUT2D eigenvalue weighted by atomic mass is 16.5. The van der Waals surface area contributed by atoms with Crippen LogP contribution in [-0.4, -0.2) is 52.0 Å². The first kappa shape index (κ1) is 18.9. The molecule has 0 spiro atoms. The van der Waals surface area contributed by atoms with Crippen molar-refractivity contribution in [3.05, 3.63) is 78.6 Å². The van der Waals surface area contributed by atoms with E-state index in [1.807, 2.05) is 23.1 Å². The number of rotatable bonds is 5. The molecule has 0 atom stereocenters. The molecule has 2 aromatic carbocycles. The Hall–Kier alpha value is -3.45. The Kier molecular flexibility index (Phi) is 5.97. The predicted octanol–water partition coefficient (Wildman–Crippen LogP) is 3.62. The Bertz CT molecular complexity index is 911. The van der Waals surface area contributed by atoms with Gasteiger partial charge in [-0.1, -0.05) is 30.3 Å². The van der Waals surface area contributed by atoms with Crippen LogP contribution in [0.4, 0.5) is 10.5 Å². The fourth-order valence-corrected chi connectivity index (χ4v) is 3.20. The van der Waals surface area contributed by atoms with Crippen LogP contribution in [0.1, 0.15) is 5.56 Å². The molecule has 1 aromatic heterocycles. The van der Waals surface area contributed by atoms with Gasteiger partial charge in [0, 0.05) is 50.8 Å². The number of carbonyl (C=O) groups excluding carboxylic acids is 1. The van der Waals surface area contributed by atoms with Crippen LogP contribution in [0.15, 0.2) is 73.1 Å². The van der Waals surface area contributed by atoms with Crippen LogP contribution in [0, 0.1) is 0 Å². The van der Waals surface area contributed by atoms with Crippen LogP contribution >= 0.6 is 0 Å². The van der Waals surface area contributed by atoms with Crippen molar-refractivity contribution in [2.24, 2.45) is 0 Å². The third-order valence-corrected chi connectivity index (χ3v) is 4.77. The molecule has 29 heavy (non-hydrogen) atoms. The van der Waals surface area contributed by atoms with Crippen LogP contribution in [-0.2, 0) is 6.54 Å². The van der Waals surface area contributed by atoms with Crippen molar-refractivity contribution in [1.82, 2.24) is 19.8 Å². The predicted molar refractivity (Wildman–Crippen MR) is 111 cm³/mol. The summed E-state index contributed by atoms with van der Waals surface area (Å²) in [6.45, 7) is 4.08. The van der Waals surface area contributed by atoms with E-state index in [0.29, 0.717) is 18.8 Å². The van der Waals surface area contributed by atoms with E-state index in [1.54, 1.807) is 30.6 Å². The molecular weight excluding hydrogens is 366 g/mol. The number of amides is 2. The molecular formula is C22H23N5O2. The van der Waals surface area contributed by atoms with Gasteiger partial charge in [-0.15, -0.1) is 0 Å². The van der Waals surface area contributed by atoms with Crippen molar-refractivity contribution >= 4 is 11.7 Å². The minimum atomic E-state index is -0.0792. The Morgan fingerprint density at radius 1 is 0.897 bits per heavy atom. The summed E-state index contributed by atoms with van der Waals surface area (Å²) in [6.07, 6.45) is 3.24. The number of nitrogens with one attached hydrogen (secondary N) is 1. The minimum absolute atomic E-state index is 0.0792. The van der Waals surface area contributed by atoms with Crippen LogP contribution in [0.5, 0.6) is 11.8 Å². The van der Waals surface area contributed by atoms with E-state index in [-0.39, 0.29) is 12.0 Å². The molecule has 148 valence electrons. The summed E-state index contributed by atoms with van der Waals surface area (Å²) in [7, 11) is 0. The number of ether oxygens (including phenoxy) is 1. The molecule has 0 saturated carbocycles. The SMILES string of the molecule is O=C(Nc1ccc(Oc2ncccn2)cc1)N1CCN(Cc2ccccc2)CC1. The number of aromatic nitrogens is 2. The second-order valence-electron chi connectivity index (χ2n) is 6.84. The Morgan fingerprint density at radius 2 is 1.59 bits per heavy atom. The number of nitrogens with zero attached hydrogens (tertiary/aromatic N) is 4. The van der Waals surface area contributed by atoms with E-state index in [2.05, 4.69) is 44.5 Å². The van der Waals surface area contributed by atoms with Gasteiger partial charge in [-0.3, -0.25) is 4.90 Å². The number of anilines is 1. The van der Waals surface area contributed by atoms with E-state index < -0.39 is 0 Å². The van der Waals surface area contributed by atoms with Gasteiger partial charge in [0.05, 0.1) is 0 Å². The molecule has 2 heterocycles. The summed E-state index contributed by atoms with van der Waals surface area (Å²) in [5.74, 6) is 0.615. The molecule has 0 unspecified atom stereocenters. The Labute approximate surface area is 170 Å². The minimum Gasteiger partial charge on any atom is -0.424 e. The summed E-state index contributed by atoms with van der Waals surface area (Å²) in [6, 6.07) is 19.5. The Balaban J connectivity index is 1.25. The number of piperazine rings is 1. The topological polar surface area (TPSA) is 70.6 Å². The molecule has 1 aliphatic heterocycles. The maximum Gasteiger partial charge on any atom is 0.321 e. The monoisotopic (exact) mass is 389 g/mol. The number of hydrogen-bond donors (Lipinski definition) is 1. The maximum absolute atomic E-state index is 12.6. The summed E-state index contributed by atoms with van der Waals surface area (Å²) in [5, 5.41) is 2.95. The number of carbonyl (C=O) groups is 1. The molecule has 1 aliphatic rings. The van der Waals surface area contributed by atoms with Gasteiger partial charge in [-0.2, -0.15) is 0 Å². The average molecular weight is 389 g/mol. The lowest BCUT2D eigenvalue weighted by Gasteiger charge is -2.34. The molecule has 0 radical (unpaired) electrons. The summed E-state index contributed by atoms with van der Waals surface area (Å²) < 4.78 is 5.56. The van der Waals surface area contributed by atoms with Gasteiger partial charge < -0.3 is 15.0 Å². The standard InChI is InChI=1S/C22H23N5O2/c28-22(27-15-13-26(14-16-27)17-18-5-2-1-3-6-18)25-19-7-9-20(10-8-19)29-21-23-11-4-12-24-21/h1-12H,13-17H2,(H,25,28). The van der Waals surface area contributed by atoms with Gasteiger partial charge in [-0.05, 0) is 35.9 Å². The maximum atomic E-state index is 12.6. The smallest absolute Gasteiger partial charge is 0.321 e. The summed E-state index contributed by atoms with van der Waals surface area (Å²) in [5.41, 5.74) is 2.02. The quantitative estimate of drug-likeness (QED) is 0.722. The van der Waals surface area contributed by atoms with Gasteiger partial charge in [0.15, 0.2) is 0 Å². The molecule has 7 heteroatoms. The number of urea groups is 1. The van der Waals surface area contributed by atoms with E-state index in [9.17, 15) is 4.79 Å². The largest absolute Gasteiger partial charge is 0.424 e. The van der Waals surface area contributed by atoms with Gasteiger partial charge in [0.25, 0.3) is 0 Å². The van der Waals surface area contributed by atoms with Gasteiger partial charge >= 0.3 is 12.0 Å². The molecule has 1 N–H and O–H groups in total. The van der Waals surface area contributed by atoms with Gasteiger partial charge in [-0.25, -0.2) is 14.8 Å². The van der Waals surface area contributed by atoms with Crippen molar-refractivity contribution in [3.8, 4) is 11.8 Å². The summed E-state index contributed by atoms with van der Waals surface area (Å²) >= 11 is 0. The third kappa shape index (κ3) is 5.30. The highest BCUT2D eigenvalue weighted by molar-refractivity contribution is 5.89. The first-order valence-corrected chi connectivity index (χ1v) is 9.63. The van der Waals surface area contributed by atoms with Crippen molar-refractivity contribution in [1.29, 1.82) is 0 Å². The molecule has 7 nitrogen and oxygen atoms in total. The summed E-state index contributed by atoms with van der Waals surface area (Å²) in [4.78, 5) is 24.8. The van der Waals surface area contributed by atoms with E-state index in [0.717, 1.165) is 25.3 Å². The van der Waals surface area contributed by atoms with Crippen molar-refractivity contribution in [3.63, 3.8) is 0 Å². The first-order chi connectivity index (χ1) is 14.3. The molecule has 1 saturated heterocycles. The fourth-order valence-electron chi connectivity index (χ4n) is 3.20. The van der Waals surface area contributed by atoms with E-state index >= 15 is 0 Å². The van der Waals surface area contributed by atoms with Crippen molar-refractivity contribution in [2.75, 3.05) is 31.5 Å². The zero-order chi connectivity index (χ0) is 19.9. The van der Waals surface area contributed by atoms with E-state index in [1.165, 1.54) is 5.56 Å². The molecule has 0 aliphatic carbocycles.